The van der Waals surface area contributed by atoms with Crippen molar-refractivity contribution in [3.63, 3.8) is 0 Å². The monoisotopic (exact) mass is 351 g/mol. The van der Waals surface area contributed by atoms with Crippen molar-refractivity contribution in [1.29, 1.82) is 0 Å². The smallest absolute Gasteiger partial charge is 0.353 e. The van der Waals surface area contributed by atoms with E-state index in [1.165, 1.54) is 11.3 Å². The van der Waals surface area contributed by atoms with E-state index in [2.05, 4.69) is 4.98 Å². The van der Waals surface area contributed by atoms with Crippen LogP contribution in [0, 0.1) is 0 Å². The van der Waals surface area contributed by atoms with Gasteiger partial charge in [-0.2, -0.15) is 0 Å². The Labute approximate surface area is 147 Å². The predicted octanol–water partition coefficient (Wildman–Crippen LogP) is 4.69. The Morgan fingerprint density at radius 1 is 1.00 bits per heavy atom. The highest BCUT2D eigenvalue weighted by Gasteiger charge is 2.10. The van der Waals surface area contributed by atoms with Gasteiger partial charge in [0.05, 0.1) is 0 Å². The minimum absolute atomic E-state index is 0.225. The number of aromatic nitrogens is 1. The lowest BCUT2D eigenvalue weighted by atomic mass is 10.3. The Morgan fingerprint density at radius 2 is 1.80 bits per heavy atom. The first-order valence-corrected chi connectivity index (χ1v) is 8.49. The number of fused-ring (bicyclic) bond motifs is 1. The van der Waals surface area contributed by atoms with Crippen molar-refractivity contribution in [2.75, 3.05) is 0 Å². The zero-order valence-electron chi connectivity index (χ0n) is 13.0. The molecule has 0 saturated heterocycles. The minimum Gasteiger partial charge on any atom is -0.484 e. The van der Waals surface area contributed by atoms with Crippen molar-refractivity contribution in [3.8, 4) is 11.5 Å². The van der Waals surface area contributed by atoms with Gasteiger partial charge in [-0.25, -0.2) is 9.78 Å². The first-order valence-electron chi connectivity index (χ1n) is 7.61. The molecule has 5 nitrogen and oxygen atoms in total. The van der Waals surface area contributed by atoms with Gasteiger partial charge >= 0.3 is 5.97 Å². The summed E-state index contributed by atoms with van der Waals surface area (Å²) in [7, 11) is 0. The van der Waals surface area contributed by atoms with Crippen molar-refractivity contribution in [2.24, 2.45) is 0 Å². The molecule has 0 fully saturated rings. The van der Waals surface area contributed by atoms with Gasteiger partial charge in [0, 0.05) is 0 Å². The molecule has 0 aliphatic carbocycles. The third kappa shape index (κ3) is 3.54. The maximum atomic E-state index is 11.9. The van der Waals surface area contributed by atoms with Crippen LogP contribution in [0.5, 0.6) is 11.5 Å². The van der Waals surface area contributed by atoms with Gasteiger partial charge in [-0.3, -0.25) is 0 Å². The number of rotatable bonds is 5. The number of carbonyl (C=O) groups excluding carboxylic acids is 1. The van der Waals surface area contributed by atoms with E-state index in [0.717, 1.165) is 11.1 Å². The van der Waals surface area contributed by atoms with Gasteiger partial charge in [0.2, 0.25) is 5.89 Å². The Hall–Kier alpha value is -3.12. The van der Waals surface area contributed by atoms with Crippen molar-refractivity contribution >= 4 is 28.4 Å². The molecule has 124 valence electrons. The lowest BCUT2D eigenvalue weighted by molar-refractivity contribution is 0.0739. The molecule has 4 rings (SSSR count). The van der Waals surface area contributed by atoms with E-state index in [0.29, 0.717) is 22.3 Å². The second-order valence-electron chi connectivity index (χ2n) is 5.20. The van der Waals surface area contributed by atoms with Crippen LogP contribution in [0.4, 0.5) is 0 Å². The van der Waals surface area contributed by atoms with E-state index >= 15 is 0 Å². The number of esters is 1. The molecule has 2 aromatic heterocycles. The summed E-state index contributed by atoms with van der Waals surface area (Å²) in [6, 6.07) is 17.9. The molecule has 0 N–H and O–H groups in total. The van der Waals surface area contributed by atoms with E-state index in [9.17, 15) is 4.79 Å². The topological polar surface area (TPSA) is 61.6 Å². The third-order valence-electron chi connectivity index (χ3n) is 3.46. The Bertz CT molecular complexity index is 957. The Kier molecular flexibility index (Phi) is 4.18. The van der Waals surface area contributed by atoms with Crippen molar-refractivity contribution < 1.29 is 18.7 Å². The molecule has 2 aromatic carbocycles. The first kappa shape index (κ1) is 15.4. The van der Waals surface area contributed by atoms with E-state index in [-0.39, 0.29) is 12.6 Å². The molecule has 0 atom stereocenters. The van der Waals surface area contributed by atoms with Crippen LogP contribution in [0.2, 0.25) is 0 Å². The summed E-state index contributed by atoms with van der Waals surface area (Å²) >= 11 is 1.34. The van der Waals surface area contributed by atoms with E-state index in [1.54, 1.807) is 30.3 Å². The van der Waals surface area contributed by atoms with Gasteiger partial charge in [0.25, 0.3) is 0 Å². The van der Waals surface area contributed by atoms with E-state index in [4.69, 9.17) is 13.9 Å². The summed E-state index contributed by atoms with van der Waals surface area (Å²) < 4.78 is 16.6. The SMILES string of the molecule is O=C(Oc1ccc(OCc2nc3ccccc3o2)cc1)c1cccs1. The number of thiophene rings is 1. The number of nitrogens with zero attached hydrogens (tertiary/aromatic N) is 1. The molecule has 0 saturated carbocycles. The fourth-order valence-corrected chi connectivity index (χ4v) is 2.88. The van der Waals surface area contributed by atoms with Gasteiger partial charge in [-0.05, 0) is 47.8 Å². The Morgan fingerprint density at radius 3 is 2.56 bits per heavy atom. The van der Waals surface area contributed by atoms with Gasteiger partial charge < -0.3 is 13.9 Å². The average molecular weight is 351 g/mol. The number of hydrogen-bond donors (Lipinski definition) is 0. The summed E-state index contributed by atoms with van der Waals surface area (Å²) in [5.74, 6) is 1.25. The molecule has 0 aliphatic rings. The van der Waals surface area contributed by atoms with Crippen LogP contribution < -0.4 is 9.47 Å². The summed E-state index contributed by atoms with van der Waals surface area (Å²) in [5, 5.41) is 1.83. The third-order valence-corrected chi connectivity index (χ3v) is 4.31. The van der Waals surface area contributed by atoms with Crippen LogP contribution in [0.15, 0.2) is 70.5 Å². The second-order valence-corrected chi connectivity index (χ2v) is 6.15. The van der Waals surface area contributed by atoms with Gasteiger partial charge in [-0.15, -0.1) is 11.3 Å². The number of oxazole rings is 1. The van der Waals surface area contributed by atoms with Gasteiger partial charge in [0.1, 0.15) is 21.9 Å². The molecule has 0 radical (unpaired) electrons. The Balaban J connectivity index is 1.37. The van der Waals surface area contributed by atoms with Gasteiger partial charge in [0.15, 0.2) is 12.2 Å². The van der Waals surface area contributed by atoms with E-state index in [1.807, 2.05) is 35.7 Å². The van der Waals surface area contributed by atoms with Gasteiger partial charge in [-0.1, -0.05) is 18.2 Å². The lowest BCUT2D eigenvalue weighted by Crippen LogP contribution is -2.06. The largest absolute Gasteiger partial charge is 0.484 e. The standard InChI is InChI=1S/C19H13NO4S/c21-19(17-6-3-11-25-17)23-14-9-7-13(8-10-14)22-12-18-20-15-4-1-2-5-16(15)24-18/h1-11H,12H2. The number of benzene rings is 2. The number of hydrogen-bond acceptors (Lipinski definition) is 6. The molecule has 0 aliphatic heterocycles. The van der Waals surface area contributed by atoms with Crippen LogP contribution in [0.1, 0.15) is 15.6 Å². The van der Waals surface area contributed by atoms with E-state index < -0.39 is 0 Å². The summed E-state index contributed by atoms with van der Waals surface area (Å²) in [6.45, 7) is 0.225. The molecule has 0 bridgehead atoms. The fraction of sp³-hybridized carbons (Fsp3) is 0.0526. The first-order chi connectivity index (χ1) is 12.3. The number of carbonyl (C=O) groups is 1. The number of ether oxygens (including phenoxy) is 2. The molecule has 0 spiro atoms. The maximum absolute atomic E-state index is 11.9. The van der Waals surface area contributed by atoms with Crippen molar-refractivity contribution in [3.05, 3.63) is 76.8 Å². The normalized spacial score (nSPS) is 10.7. The quantitative estimate of drug-likeness (QED) is 0.386. The molecular formula is C19H13NO4S. The molecular weight excluding hydrogens is 338 g/mol. The summed E-state index contributed by atoms with van der Waals surface area (Å²) in [4.78, 5) is 16.8. The van der Waals surface area contributed by atoms with Crippen LogP contribution in [0.3, 0.4) is 0 Å². The van der Waals surface area contributed by atoms with Crippen LogP contribution in [0.25, 0.3) is 11.1 Å². The second kappa shape index (κ2) is 6.78. The lowest BCUT2D eigenvalue weighted by Gasteiger charge is -2.05. The molecule has 6 heteroatoms. The van der Waals surface area contributed by atoms with Crippen LogP contribution in [-0.2, 0) is 6.61 Å². The highest BCUT2D eigenvalue weighted by Crippen LogP contribution is 2.21. The summed E-state index contributed by atoms with van der Waals surface area (Å²) in [6.07, 6.45) is 0. The molecule has 0 unspecified atom stereocenters. The summed E-state index contributed by atoms with van der Waals surface area (Å²) in [5.41, 5.74) is 1.54. The number of para-hydroxylation sites is 2. The fourth-order valence-electron chi connectivity index (χ4n) is 2.28. The minimum atomic E-state index is -0.366. The zero-order valence-corrected chi connectivity index (χ0v) is 13.9. The molecule has 0 amide bonds. The predicted molar refractivity (Wildman–Crippen MR) is 94.1 cm³/mol. The zero-order chi connectivity index (χ0) is 17.1. The highest BCUT2D eigenvalue weighted by atomic mass is 32.1. The molecule has 25 heavy (non-hydrogen) atoms. The van der Waals surface area contributed by atoms with Crippen LogP contribution >= 0.6 is 11.3 Å². The van der Waals surface area contributed by atoms with Crippen molar-refractivity contribution in [1.82, 2.24) is 4.98 Å². The van der Waals surface area contributed by atoms with Crippen LogP contribution in [-0.4, -0.2) is 11.0 Å². The molecule has 2 heterocycles. The molecule has 4 aromatic rings. The maximum Gasteiger partial charge on any atom is 0.353 e. The average Bonchev–Trinajstić information content (AvgIpc) is 3.30. The van der Waals surface area contributed by atoms with Crippen molar-refractivity contribution in [2.45, 2.75) is 6.61 Å². The highest BCUT2D eigenvalue weighted by molar-refractivity contribution is 7.12.